The second-order valence-corrected chi connectivity index (χ2v) is 5.97. The maximum Gasteiger partial charge on any atom is -0.00488 e. The van der Waals surface area contributed by atoms with Crippen molar-refractivity contribution in [1.82, 2.24) is 0 Å². The summed E-state index contributed by atoms with van der Waals surface area (Å²) in [6.07, 6.45) is 11.8. The standard InChI is InChI=1S/C14H27N/c1-2-11-3-4-12(7-11)8-13-5-6-14(9-13)10-15/h11-14H,2-10,15H2,1H3/t11?,12?,13?,14-/m1/s1. The molecule has 0 bridgehead atoms. The van der Waals surface area contributed by atoms with Crippen LogP contribution in [0.5, 0.6) is 0 Å². The van der Waals surface area contributed by atoms with Crippen LogP contribution >= 0.6 is 0 Å². The highest BCUT2D eigenvalue weighted by Crippen LogP contribution is 2.41. The van der Waals surface area contributed by atoms with Crippen molar-refractivity contribution in [3.63, 3.8) is 0 Å². The van der Waals surface area contributed by atoms with Gasteiger partial charge in [-0.05, 0) is 55.9 Å². The van der Waals surface area contributed by atoms with Gasteiger partial charge in [-0.25, -0.2) is 0 Å². The van der Waals surface area contributed by atoms with Crippen molar-refractivity contribution < 1.29 is 0 Å². The van der Waals surface area contributed by atoms with E-state index in [4.69, 9.17) is 5.73 Å². The predicted octanol–water partition coefficient (Wildman–Crippen LogP) is 3.58. The molecule has 1 nitrogen and oxygen atoms in total. The second kappa shape index (κ2) is 5.34. The normalized spacial score (nSPS) is 41.2. The quantitative estimate of drug-likeness (QED) is 0.752. The summed E-state index contributed by atoms with van der Waals surface area (Å²) in [5, 5.41) is 0. The molecule has 0 aromatic heterocycles. The molecule has 0 aliphatic heterocycles. The van der Waals surface area contributed by atoms with Crippen LogP contribution in [0.25, 0.3) is 0 Å². The molecule has 3 unspecified atom stereocenters. The van der Waals surface area contributed by atoms with Gasteiger partial charge in [0.15, 0.2) is 0 Å². The largest absolute Gasteiger partial charge is 0.330 e. The van der Waals surface area contributed by atoms with Gasteiger partial charge in [-0.15, -0.1) is 0 Å². The maximum atomic E-state index is 5.75. The van der Waals surface area contributed by atoms with Crippen molar-refractivity contribution in [2.24, 2.45) is 29.4 Å². The molecular formula is C14H27N. The number of nitrogens with two attached hydrogens (primary N) is 1. The summed E-state index contributed by atoms with van der Waals surface area (Å²) in [4.78, 5) is 0. The lowest BCUT2D eigenvalue weighted by atomic mass is 9.90. The van der Waals surface area contributed by atoms with Crippen LogP contribution in [0, 0.1) is 23.7 Å². The molecule has 0 saturated heterocycles. The van der Waals surface area contributed by atoms with Crippen molar-refractivity contribution in [3.8, 4) is 0 Å². The van der Waals surface area contributed by atoms with Gasteiger partial charge in [-0.3, -0.25) is 0 Å². The van der Waals surface area contributed by atoms with E-state index in [9.17, 15) is 0 Å². The molecule has 2 fully saturated rings. The third kappa shape index (κ3) is 2.96. The number of hydrogen-bond donors (Lipinski definition) is 1. The first-order valence-electron chi connectivity index (χ1n) is 7.01. The molecule has 15 heavy (non-hydrogen) atoms. The van der Waals surface area contributed by atoms with Gasteiger partial charge >= 0.3 is 0 Å². The van der Waals surface area contributed by atoms with E-state index in [0.29, 0.717) is 0 Å². The minimum absolute atomic E-state index is 0.860. The Kier molecular flexibility index (Phi) is 4.07. The molecule has 2 saturated carbocycles. The van der Waals surface area contributed by atoms with Gasteiger partial charge in [0.2, 0.25) is 0 Å². The topological polar surface area (TPSA) is 26.0 Å². The Morgan fingerprint density at radius 2 is 1.40 bits per heavy atom. The Bertz CT molecular complexity index is 170. The molecule has 2 aliphatic carbocycles. The minimum Gasteiger partial charge on any atom is -0.330 e. The summed E-state index contributed by atoms with van der Waals surface area (Å²) in [6.45, 7) is 3.28. The van der Waals surface area contributed by atoms with E-state index in [2.05, 4.69) is 6.92 Å². The fourth-order valence-corrected chi connectivity index (χ4v) is 3.84. The molecule has 4 atom stereocenters. The fraction of sp³-hybridized carbons (Fsp3) is 1.00. The van der Waals surface area contributed by atoms with Gasteiger partial charge in [0, 0.05) is 0 Å². The van der Waals surface area contributed by atoms with Crippen molar-refractivity contribution in [3.05, 3.63) is 0 Å². The molecule has 0 spiro atoms. The highest BCUT2D eigenvalue weighted by molar-refractivity contribution is 4.82. The maximum absolute atomic E-state index is 5.75. The van der Waals surface area contributed by atoms with Crippen molar-refractivity contribution in [2.45, 2.75) is 58.3 Å². The summed E-state index contributed by atoms with van der Waals surface area (Å²) in [5.41, 5.74) is 5.75. The van der Waals surface area contributed by atoms with Crippen molar-refractivity contribution in [2.75, 3.05) is 6.54 Å². The van der Waals surface area contributed by atoms with E-state index in [-0.39, 0.29) is 0 Å². The third-order valence-corrected chi connectivity index (χ3v) is 4.88. The lowest BCUT2D eigenvalue weighted by Crippen LogP contribution is -2.11. The molecular weight excluding hydrogens is 182 g/mol. The van der Waals surface area contributed by atoms with Crippen LogP contribution < -0.4 is 5.73 Å². The van der Waals surface area contributed by atoms with Gasteiger partial charge in [-0.1, -0.05) is 32.6 Å². The highest BCUT2D eigenvalue weighted by atomic mass is 14.6. The zero-order valence-corrected chi connectivity index (χ0v) is 10.3. The first kappa shape index (κ1) is 11.4. The van der Waals surface area contributed by atoms with Crippen LogP contribution in [0.4, 0.5) is 0 Å². The Labute approximate surface area is 94.8 Å². The summed E-state index contributed by atoms with van der Waals surface area (Å²) in [7, 11) is 0. The highest BCUT2D eigenvalue weighted by Gasteiger charge is 2.29. The van der Waals surface area contributed by atoms with Crippen LogP contribution in [0.15, 0.2) is 0 Å². The second-order valence-electron chi connectivity index (χ2n) is 5.97. The fourth-order valence-electron chi connectivity index (χ4n) is 3.84. The number of hydrogen-bond acceptors (Lipinski definition) is 1. The summed E-state index contributed by atoms with van der Waals surface area (Å²) in [5.74, 6) is 4.01. The smallest absolute Gasteiger partial charge is 0.00488 e. The lowest BCUT2D eigenvalue weighted by Gasteiger charge is -2.16. The Morgan fingerprint density at radius 1 is 0.867 bits per heavy atom. The molecule has 0 heterocycles. The van der Waals surface area contributed by atoms with Crippen LogP contribution in [0.3, 0.4) is 0 Å². The van der Waals surface area contributed by atoms with Crippen LogP contribution in [-0.4, -0.2) is 6.54 Å². The van der Waals surface area contributed by atoms with Crippen molar-refractivity contribution in [1.29, 1.82) is 0 Å². The Hall–Kier alpha value is -0.0400. The molecule has 0 amide bonds. The molecule has 2 aliphatic rings. The minimum atomic E-state index is 0.860. The zero-order chi connectivity index (χ0) is 10.7. The Morgan fingerprint density at radius 3 is 1.87 bits per heavy atom. The molecule has 88 valence electrons. The van der Waals surface area contributed by atoms with E-state index in [1.807, 2.05) is 0 Å². The van der Waals surface area contributed by atoms with E-state index in [0.717, 1.165) is 30.2 Å². The monoisotopic (exact) mass is 209 g/mol. The van der Waals surface area contributed by atoms with E-state index < -0.39 is 0 Å². The van der Waals surface area contributed by atoms with E-state index >= 15 is 0 Å². The average Bonchev–Trinajstić information content (AvgIpc) is 2.87. The summed E-state index contributed by atoms with van der Waals surface area (Å²) in [6, 6.07) is 0. The molecule has 2 rings (SSSR count). The predicted molar refractivity (Wildman–Crippen MR) is 65.6 cm³/mol. The molecule has 0 aromatic carbocycles. The lowest BCUT2D eigenvalue weighted by molar-refractivity contribution is 0.360. The SMILES string of the molecule is CCC1CCC(CC2CC[C@@H](CN)C2)C1. The van der Waals surface area contributed by atoms with E-state index in [1.54, 1.807) is 0 Å². The average molecular weight is 209 g/mol. The molecule has 0 aromatic rings. The third-order valence-electron chi connectivity index (χ3n) is 4.88. The van der Waals surface area contributed by atoms with Gasteiger partial charge in [0.1, 0.15) is 0 Å². The number of rotatable bonds is 4. The van der Waals surface area contributed by atoms with Gasteiger partial charge in [-0.2, -0.15) is 0 Å². The summed E-state index contributed by atoms with van der Waals surface area (Å²) >= 11 is 0. The molecule has 0 radical (unpaired) electrons. The van der Waals surface area contributed by atoms with Gasteiger partial charge in [0.25, 0.3) is 0 Å². The summed E-state index contributed by atoms with van der Waals surface area (Å²) < 4.78 is 0. The van der Waals surface area contributed by atoms with Crippen LogP contribution in [0.1, 0.15) is 58.3 Å². The molecule has 2 N–H and O–H groups in total. The first-order chi connectivity index (χ1) is 7.31. The van der Waals surface area contributed by atoms with Crippen LogP contribution in [-0.2, 0) is 0 Å². The first-order valence-corrected chi connectivity index (χ1v) is 7.01. The van der Waals surface area contributed by atoms with E-state index in [1.165, 1.54) is 51.4 Å². The zero-order valence-electron chi connectivity index (χ0n) is 10.3. The van der Waals surface area contributed by atoms with Crippen LogP contribution in [0.2, 0.25) is 0 Å². The Balaban J connectivity index is 1.70. The van der Waals surface area contributed by atoms with Gasteiger partial charge in [0.05, 0.1) is 0 Å². The van der Waals surface area contributed by atoms with Crippen molar-refractivity contribution >= 4 is 0 Å². The molecule has 1 heteroatoms. The van der Waals surface area contributed by atoms with Gasteiger partial charge < -0.3 is 5.73 Å².